The Morgan fingerprint density at radius 3 is 2.52 bits per heavy atom. The summed E-state index contributed by atoms with van der Waals surface area (Å²) in [5.74, 6) is 0.205. The molecule has 1 unspecified atom stereocenters. The normalized spacial score (nSPS) is 12.2. The van der Waals surface area contributed by atoms with E-state index in [-0.39, 0.29) is 18.5 Å². The molecule has 1 atom stereocenters. The summed E-state index contributed by atoms with van der Waals surface area (Å²) >= 11 is 12.2. The number of halogens is 3. The van der Waals surface area contributed by atoms with Crippen molar-refractivity contribution in [1.82, 2.24) is 5.32 Å². The molecule has 0 heterocycles. The van der Waals surface area contributed by atoms with E-state index in [4.69, 9.17) is 27.9 Å². The molecule has 0 saturated heterocycles. The topological polar surface area (TPSA) is 21.3 Å². The van der Waals surface area contributed by atoms with Crippen LogP contribution in [0.15, 0.2) is 36.4 Å². The van der Waals surface area contributed by atoms with Gasteiger partial charge in [-0.2, -0.15) is 0 Å². The van der Waals surface area contributed by atoms with Crippen molar-refractivity contribution in [1.29, 1.82) is 0 Å². The first kappa shape index (κ1) is 16.1. The Balaban J connectivity index is 2.10. The predicted octanol–water partition coefficient (Wildman–Crippen LogP) is 4.99. The molecule has 0 saturated carbocycles. The molecule has 2 aromatic carbocycles. The van der Waals surface area contributed by atoms with Crippen molar-refractivity contribution in [2.75, 3.05) is 7.05 Å². The van der Waals surface area contributed by atoms with Gasteiger partial charge in [-0.15, -0.1) is 0 Å². The molecule has 0 aliphatic heterocycles. The maximum Gasteiger partial charge on any atom is 0.138 e. The van der Waals surface area contributed by atoms with Crippen LogP contribution in [0.4, 0.5) is 4.39 Å². The zero-order chi connectivity index (χ0) is 15.4. The summed E-state index contributed by atoms with van der Waals surface area (Å²) in [4.78, 5) is 0. The highest BCUT2D eigenvalue weighted by Crippen LogP contribution is 2.29. The Morgan fingerprint density at radius 1 is 1.14 bits per heavy atom. The lowest BCUT2D eigenvalue weighted by Gasteiger charge is -2.14. The van der Waals surface area contributed by atoms with E-state index in [2.05, 4.69) is 5.32 Å². The van der Waals surface area contributed by atoms with Crippen molar-refractivity contribution in [3.63, 3.8) is 0 Å². The van der Waals surface area contributed by atoms with Crippen LogP contribution in [0.1, 0.15) is 24.1 Å². The van der Waals surface area contributed by atoms with Gasteiger partial charge in [-0.1, -0.05) is 35.3 Å². The zero-order valence-electron chi connectivity index (χ0n) is 11.8. The molecule has 0 spiro atoms. The largest absolute Gasteiger partial charge is 0.487 e. The molecule has 0 radical (unpaired) electrons. The molecule has 1 N–H and O–H groups in total. The van der Waals surface area contributed by atoms with Crippen molar-refractivity contribution < 1.29 is 9.13 Å². The second-order valence-electron chi connectivity index (χ2n) is 4.72. The van der Waals surface area contributed by atoms with Gasteiger partial charge in [0, 0.05) is 11.6 Å². The summed E-state index contributed by atoms with van der Waals surface area (Å²) < 4.78 is 18.6. The SMILES string of the molecule is CNC(C)c1ccc(OCc2ccc(F)cc2Cl)c(Cl)c1. The molecule has 21 heavy (non-hydrogen) atoms. The molecule has 2 aromatic rings. The van der Waals surface area contributed by atoms with Gasteiger partial charge in [0.2, 0.25) is 0 Å². The molecule has 0 fully saturated rings. The van der Waals surface area contributed by atoms with Crippen molar-refractivity contribution in [2.45, 2.75) is 19.6 Å². The van der Waals surface area contributed by atoms with Crippen LogP contribution in [0.2, 0.25) is 10.0 Å². The summed E-state index contributed by atoms with van der Waals surface area (Å²) in [6.07, 6.45) is 0. The monoisotopic (exact) mass is 327 g/mol. The van der Waals surface area contributed by atoms with E-state index in [1.807, 2.05) is 32.2 Å². The molecule has 0 amide bonds. The summed E-state index contributed by atoms with van der Waals surface area (Å²) in [6.45, 7) is 2.28. The number of nitrogens with one attached hydrogen (secondary N) is 1. The van der Waals surface area contributed by atoms with Crippen LogP contribution in [-0.2, 0) is 6.61 Å². The average Bonchev–Trinajstić information content (AvgIpc) is 2.46. The Labute approximate surface area is 133 Å². The smallest absolute Gasteiger partial charge is 0.138 e. The third-order valence-corrected chi connectivity index (χ3v) is 3.93. The number of rotatable bonds is 5. The van der Waals surface area contributed by atoms with E-state index >= 15 is 0 Å². The Bertz CT molecular complexity index is 634. The highest BCUT2D eigenvalue weighted by Gasteiger charge is 2.09. The maximum atomic E-state index is 13.0. The average molecular weight is 328 g/mol. The first-order valence-electron chi connectivity index (χ1n) is 6.54. The minimum Gasteiger partial charge on any atom is -0.487 e. The zero-order valence-corrected chi connectivity index (χ0v) is 13.3. The van der Waals surface area contributed by atoms with E-state index in [1.54, 1.807) is 6.07 Å². The molecule has 2 rings (SSSR count). The van der Waals surface area contributed by atoms with Crippen LogP contribution in [0.25, 0.3) is 0 Å². The van der Waals surface area contributed by atoms with E-state index in [1.165, 1.54) is 12.1 Å². The number of benzene rings is 2. The lowest BCUT2D eigenvalue weighted by atomic mass is 10.1. The molecule has 0 bridgehead atoms. The quantitative estimate of drug-likeness (QED) is 0.835. The van der Waals surface area contributed by atoms with Crippen LogP contribution < -0.4 is 10.1 Å². The standard InChI is InChI=1S/C16H16Cl2FNO/c1-10(20-2)11-4-6-16(15(18)7-11)21-9-12-3-5-13(19)8-14(12)17/h3-8,10,20H,9H2,1-2H3. The van der Waals surface area contributed by atoms with Gasteiger partial charge in [0.1, 0.15) is 18.2 Å². The predicted molar refractivity (Wildman–Crippen MR) is 84.7 cm³/mol. The minimum absolute atomic E-state index is 0.211. The van der Waals surface area contributed by atoms with Crippen molar-refractivity contribution in [3.8, 4) is 5.75 Å². The van der Waals surface area contributed by atoms with Gasteiger partial charge < -0.3 is 10.1 Å². The van der Waals surface area contributed by atoms with E-state index in [0.29, 0.717) is 21.4 Å². The number of hydrogen-bond acceptors (Lipinski definition) is 2. The summed E-state index contributed by atoms with van der Waals surface area (Å²) in [7, 11) is 1.89. The maximum absolute atomic E-state index is 13.0. The second kappa shape index (κ2) is 7.12. The van der Waals surface area contributed by atoms with Crippen LogP contribution in [0.3, 0.4) is 0 Å². The highest BCUT2D eigenvalue weighted by molar-refractivity contribution is 6.32. The van der Waals surface area contributed by atoms with Gasteiger partial charge >= 0.3 is 0 Å². The van der Waals surface area contributed by atoms with Crippen molar-refractivity contribution in [3.05, 3.63) is 63.4 Å². The summed E-state index contributed by atoms with van der Waals surface area (Å²) in [6, 6.07) is 10.1. The Morgan fingerprint density at radius 2 is 1.90 bits per heavy atom. The van der Waals surface area contributed by atoms with Crippen LogP contribution in [-0.4, -0.2) is 7.05 Å². The number of ether oxygens (including phenoxy) is 1. The van der Waals surface area contributed by atoms with Gasteiger partial charge in [0.25, 0.3) is 0 Å². The first-order chi connectivity index (χ1) is 10.0. The minimum atomic E-state index is -0.368. The van der Waals surface area contributed by atoms with E-state index < -0.39 is 0 Å². The van der Waals surface area contributed by atoms with Crippen LogP contribution >= 0.6 is 23.2 Å². The third kappa shape index (κ3) is 4.10. The van der Waals surface area contributed by atoms with Gasteiger partial charge in [0.05, 0.1) is 10.0 Å². The van der Waals surface area contributed by atoms with Crippen LogP contribution in [0, 0.1) is 5.82 Å². The van der Waals surface area contributed by atoms with E-state index in [0.717, 1.165) is 5.56 Å². The van der Waals surface area contributed by atoms with Gasteiger partial charge in [-0.05, 0) is 43.8 Å². The fourth-order valence-electron chi connectivity index (χ4n) is 1.86. The molecule has 5 heteroatoms. The molecular formula is C16H16Cl2FNO. The van der Waals surface area contributed by atoms with Gasteiger partial charge in [0.15, 0.2) is 0 Å². The fraction of sp³-hybridized carbons (Fsp3) is 0.250. The van der Waals surface area contributed by atoms with Crippen LogP contribution in [0.5, 0.6) is 5.75 Å². The van der Waals surface area contributed by atoms with Crippen molar-refractivity contribution in [2.24, 2.45) is 0 Å². The first-order valence-corrected chi connectivity index (χ1v) is 7.30. The van der Waals surface area contributed by atoms with E-state index in [9.17, 15) is 4.39 Å². The molecular weight excluding hydrogens is 312 g/mol. The Hall–Kier alpha value is -1.29. The molecule has 0 aliphatic carbocycles. The summed E-state index contributed by atoms with van der Waals surface area (Å²) in [5, 5.41) is 4.02. The van der Waals surface area contributed by atoms with Gasteiger partial charge in [-0.25, -0.2) is 4.39 Å². The fourth-order valence-corrected chi connectivity index (χ4v) is 2.33. The van der Waals surface area contributed by atoms with Gasteiger partial charge in [-0.3, -0.25) is 0 Å². The lowest BCUT2D eigenvalue weighted by Crippen LogP contribution is -2.12. The lowest BCUT2D eigenvalue weighted by molar-refractivity contribution is 0.306. The second-order valence-corrected chi connectivity index (χ2v) is 5.54. The molecule has 2 nitrogen and oxygen atoms in total. The molecule has 0 aromatic heterocycles. The number of hydrogen-bond donors (Lipinski definition) is 1. The molecule has 0 aliphatic rings. The third-order valence-electron chi connectivity index (χ3n) is 3.29. The molecule has 112 valence electrons. The van der Waals surface area contributed by atoms with Crippen molar-refractivity contribution >= 4 is 23.2 Å². The highest BCUT2D eigenvalue weighted by atomic mass is 35.5. The Kier molecular flexibility index (Phi) is 5.45. The summed E-state index contributed by atoms with van der Waals surface area (Å²) in [5.41, 5.74) is 1.79.